The van der Waals surface area contributed by atoms with Crippen molar-refractivity contribution in [2.45, 2.75) is 53.0 Å². The van der Waals surface area contributed by atoms with E-state index in [9.17, 15) is 4.79 Å². The zero-order chi connectivity index (χ0) is 13.6. The van der Waals surface area contributed by atoms with Crippen LogP contribution >= 0.6 is 0 Å². The summed E-state index contributed by atoms with van der Waals surface area (Å²) in [5.74, 6) is 1.17. The number of aliphatic imine (C=N–C) groups is 1. The molecule has 0 aromatic carbocycles. The number of rotatable bonds is 1. The summed E-state index contributed by atoms with van der Waals surface area (Å²) in [6.45, 7) is 11.9. The average Bonchev–Trinajstić information content (AvgIpc) is 2.32. The van der Waals surface area contributed by atoms with Crippen LogP contribution in [-0.2, 0) is 4.74 Å². The van der Waals surface area contributed by atoms with Gasteiger partial charge in [-0.05, 0) is 31.6 Å². The van der Waals surface area contributed by atoms with E-state index in [2.05, 4.69) is 37.7 Å². The zero-order valence-corrected chi connectivity index (χ0v) is 11.7. The molecule has 1 amide bonds. The summed E-state index contributed by atoms with van der Waals surface area (Å²) in [5.41, 5.74) is 0.253. The molecule has 2 atom stereocenters. The molecule has 1 heterocycles. The number of hydrogen-bond acceptors (Lipinski definition) is 3. The van der Waals surface area contributed by atoms with Crippen molar-refractivity contribution in [3.63, 3.8) is 0 Å². The van der Waals surface area contributed by atoms with Gasteiger partial charge in [0.2, 0.25) is 0 Å². The number of alkyl carbamates (subject to hydrolysis) is 1. The standard InChI is InChI=1S/C14H22N2O2/c1-9(2)18-12(17)16-11-14(5)7-10(15-11)6-13(3,4)8-14/h10H,1,6-8H2,2-5H3,(H,15,16,17). The topological polar surface area (TPSA) is 50.7 Å². The molecule has 18 heavy (non-hydrogen) atoms. The SMILES string of the molecule is C=C(C)OC(=O)NC1=NC2CC(C)(C)CC1(C)C2. The Kier molecular flexibility index (Phi) is 2.99. The van der Waals surface area contributed by atoms with Gasteiger partial charge in [0.25, 0.3) is 0 Å². The molecule has 0 saturated heterocycles. The zero-order valence-electron chi connectivity index (χ0n) is 11.7. The van der Waals surface area contributed by atoms with Crippen molar-refractivity contribution in [2.75, 3.05) is 0 Å². The van der Waals surface area contributed by atoms with Crippen LogP contribution in [0.25, 0.3) is 0 Å². The van der Waals surface area contributed by atoms with Crippen LogP contribution in [-0.4, -0.2) is 18.0 Å². The van der Waals surface area contributed by atoms with E-state index in [1.807, 2.05) is 0 Å². The van der Waals surface area contributed by atoms with E-state index in [4.69, 9.17) is 4.74 Å². The second-order valence-electron chi connectivity index (χ2n) is 6.66. The van der Waals surface area contributed by atoms with Gasteiger partial charge in [-0.25, -0.2) is 4.79 Å². The first-order chi connectivity index (χ1) is 8.20. The Bertz CT molecular complexity index is 426. The molecule has 2 rings (SSSR count). The minimum Gasteiger partial charge on any atom is -0.416 e. The molecular formula is C14H22N2O2. The van der Waals surface area contributed by atoms with Gasteiger partial charge in [0, 0.05) is 5.41 Å². The van der Waals surface area contributed by atoms with Gasteiger partial charge < -0.3 is 4.74 Å². The third-order valence-electron chi connectivity index (χ3n) is 3.71. The van der Waals surface area contributed by atoms with Gasteiger partial charge in [-0.1, -0.05) is 27.4 Å². The monoisotopic (exact) mass is 250 g/mol. The van der Waals surface area contributed by atoms with E-state index in [0.29, 0.717) is 11.8 Å². The summed E-state index contributed by atoms with van der Waals surface area (Å²) in [4.78, 5) is 16.3. The normalized spacial score (nSPS) is 32.7. The summed E-state index contributed by atoms with van der Waals surface area (Å²) < 4.78 is 4.93. The molecule has 0 aromatic heterocycles. The number of carbonyl (C=O) groups is 1. The number of fused-ring (bicyclic) bond motifs is 2. The fraction of sp³-hybridized carbons (Fsp3) is 0.714. The predicted octanol–water partition coefficient (Wildman–Crippen LogP) is 3.24. The van der Waals surface area contributed by atoms with Gasteiger partial charge in [-0.15, -0.1) is 0 Å². The van der Waals surface area contributed by atoms with Crippen molar-refractivity contribution in [3.05, 3.63) is 12.3 Å². The van der Waals surface area contributed by atoms with Crippen LogP contribution in [0, 0.1) is 10.8 Å². The highest BCUT2D eigenvalue weighted by Gasteiger charge is 2.49. The van der Waals surface area contributed by atoms with Gasteiger partial charge in [0.05, 0.1) is 11.8 Å². The van der Waals surface area contributed by atoms with Gasteiger partial charge >= 0.3 is 6.09 Å². The van der Waals surface area contributed by atoms with Crippen LogP contribution in [0.15, 0.2) is 17.3 Å². The van der Waals surface area contributed by atoms with Crippen molar-refractivity contribution in [3.8, 4) is 0 Å². The highest BCUT2D eigenvalue weighted by Crippen LogP contribution is 2.51. The number of allylic oxidation sites excluding steroid dienone is 1. The largest absolute Gasteiger partial charge is 0.417 e. The number of amides is 1. The molecule has 1 aliphatic heterocycles. The van der Waals surface area contributed by atoms with Crippen LogP contribution in [0.3, 0.4) is 0 Å². The summed E-state index contributed by atoms with van der Waals surface area (Å²) >= 11 is 0. The lowest BCUT2D eigenvalue weighted by atomic mass is 9.64. The van der Waals surface area contributed by atoms with E-state index < -0.39 is 6.09 Å². The Morgan fingerprint density at radius 1 is 1.44 bits per heavy atom. The third kappa shape index (κ3) is 2.57. The highest BCUT2D eigenvalue weighted by molar-refractivity contribution is 6.00. The highest BCUT2D eigenvalue weighted by atomic mass is 16.6. The molecule has 0 aromatic rings. The average molecular weight is 250 g/mol. The number of carbonyl (C=O) groups excluding carboxylic acids is 1. The first-order valence-electron chi connectivity index (χ1n) is 6.43. The fourth-order valence-electron chi connectivity index (χ4n) is 3.50. The Hall–Kier alpha value is -1.32. The van der Waals surface area contributed by atoms with Crippen LogP contribution in [0.5, 0.6) is 0 Å². The quantitative estimate of drug-likeness (QED) is 0.726. The molecule has 1 aliphatic carbocycles. The molecule has 2 aliphatic rings. The third-order valence-corrected chi connectivity index (χ3v) is 3.71. The summed E-state index contributed by atoms with van der Waals surface area (Å²) in [6, 6.07) is 0.332. The van der Waals surface area contributed by atoms with Crippen molar-refractivity contribution in [1.82, 2.24) is 5.32 Å². The van der Waals surface area contributed by atoms with Crippen LogP contribution in [0.1, 0.15) is 47.0 Å². The maximum Gasteiger partial charge on any atom is 0.417 e. The Balaban J connectivity index is 2.09. The Labute approximate surface area is 109 Å². The van der Waals surface area contributed by atoms with E-state index in [1.165, 1.54) is 0 Å². The number of nitrogens with one attached hydrogen (secondary N) is 1. The van der Waals surface area contributed by atoms with Crippen LogP contribution in [0.2, 0.25) is 0 Å². The Morgan fingerprint density at radius 2 is 2.11 bits per heavy atom. The summed E-state index contributed by atoms with van der Waals surface area (Å²) in [7, 11) is 0. The number of hydrogen-bond donors (Lipinski definition) is 1. The first kappa shape index (κ1) is 13.1. The molecule has 1 saturated carbocycles. The van der Waals surface area contributed by atoms with E-state index in [-0.39, 0.29) is 10.8 Å². The molecular weight excluding hydrogens is 228 g/mol. The lowest BCUT2D eigenvalue weighted by Crippen LogP contribution is -2.43. The number of ether oxygens (including phenoxy) is 1. The second kappa shape index (κ2) is 4.11. The summed E-state index contributed by atoms with van der Waals surface area (Å²) in [6.07, 6.45) is 2.68. The van der Waals surface area contributed by atoms with Crippen molar-refractivity contribution in [2.24, 2.45) is 15.8 Å². The van der Waals surface area contributed by atoms with Gasteiger partial charge in [-0.2, -0.15) is 0 Å². The minimum atomic E-state index is -0.479. The Morgan fingerprint density at radius 3 is 2.72 bits per heavy atom. The molecule has 2 unspecified atom stereocenters. The molecule has 1 N–H and O–H groups in total. The van der Waals surface area contributed by atoms with E-state index >= 15 is 0 Å². The molecule has 4 heteroatoms. The lowest BCUT2D eigenvalue weighted by Gasteiger charge is -2.40. The molecule has 100 valence electrons. The van der Waals surface area contributed by atoms with E-state index in [1.54, 1.807) is 6.92 Å². The van der Waals surface area contributed by atoms with Gasteiger partial charge in [0.1, 0.15) is 5.84 Å². The molecule has 1 fully saturated rings. The predicted molar refractivity (Wildman–Crippen MR) is 71.4 cm³/mol. The second-order valence-corrected chi connectivity index (χ2v) is 6.66. The van der Waals surface area contributed by atoms with Crippen molar-refractivity contribution < 1.29 is 9.53 Å². The molecule has 2 bridgehead atoms. The number of amidine groups is 1. The van der Waals surface area contributed by atoms with Gasteiger partial charge in [0.15, 0.2) is 0 Å². The minimum absolute atomic E-state index is 0.0273. The van der Waals surface area contributed by atoms with Crippen LogP contribution in [0.4, 0.5) is 4.79 Å². The number of nitrogens with zero attached hydrogens (tertiary/aromatic N) is 1. The van der Waals surface area contributed by atoms with E-state index in [0.717, 1.165) is 25.1 Å². The molecule has 4 nitrogen and oxygen atoms in total. The van der Waals surface area contributed by atoms with Gasteiger partial charge in [-0.3, -0.25) is 10.3 Å². The molecule has 0 radical (unpaired) electrons. The van der Waals surface area contributed by atoms with Crippen LogP contribution < -0.4 is 5.32 Å². The fourth-order valence-corrected chi connectivity index (χ4v) is 3.50. The molecule has 0 spiro atoms. The smallest absolute Gasteiger partial charge is 0.416 e. The summed E-state index contributed by atoms with van der Waals surface area (Å²) in [5, 5.41) is 2.79. The van der Waals surface area contributed by atoms with Crippen molar-refractivity contribution in [1.29, 1.82) is 0 Å². The lowest BCUT2D eigenvalue weighted by molar-refractivity contribution is 0.149. The maximum absolute atomic E-state index is 11.6. The maximum atomic E-state index is 11.6. The van der Waals surface area contributed by atoms with Crippen molar-refractivity contribution >= 4 is 11.9 Å². The first-order valence-corrected chi connectivity index (χ1v) is 6.43.